The second kappa shape index (κ2) is 6.59. The Kier molecular flexibility index (Phi) is 4.82. The summed E-state index contributed by atoms with van der Waals surface area (Å²) in [6.45, 7) is 1.65. The summed E-state index contributed by atoms with van der Waals surface area (Å²) in [6, 6.07) is 3.50. The summed E-state index contributed by atoms with van der Waals surface area (Å²) in [5, 5.41) is 0. The van der Waals surface area contributed by atoms with Crippen LogP contribution in [0.4, 0.5) is 0 Å². The molecule has 0 spiro atoms. The van der Waals surface area contributed by atoms with Gasteiger partial charge in [-0.2, -0.15) is 0 Å². The maximum atomic E-state index is 12.1. The van der Waals surface area contributed by atoms with Crippen molar-refractivity contribution in [3.8, 4) is 0 Å². The first-order valence-electron chi connectivity index (χ1n) is 7.05. The fraction of sp³-hybridized carbons (Fsp3) is 0.600. The van der Waals surface area contributed by atoms with Gasteiger partial charge in [0.1, 0.15) is 0 Å². The maximum absolute atomic E-state index is 12.1. The predicted molar refractivity (Wildman–Crippen MR) is 74.7 cm³/mol. The average Bonchev–Trinajstić information content (AvgIpc) is 2.46. The zero-order valence-electron chi connectivity index (χ0n) is 12.1. The van der Waals surface area contributed by atoms with Crippen LogP contribution in [0.2, 0.25) is 0 Å². The van der Waals surface area contributed by atoms with E-state index in [1.807, 2.05) is 13.0 Å². The Hall–Kier alpha value is -1.78. The number of hydrogen-bond donors (Lipinski definition) is 0. The molecule has 0 N–H and O–H groups in total. The van der Waals surface area contributed by atoms with E-state index in [4.69, 9.17) is 4.84 Å². The number of rotatable bonds is 4. The lowest BCUT2D eigenvalue weighted by molar-refractivity contribution is -0.146. The van der Waals surface area contributed by atoms with Crippen LogP contribution in [0.3, 0.4) is 0 Å². The summed E-state index contributed by atoms with van der Waals surface area (Å²) in [6.07, 6.45) is 5.71. The minimum Gasteiger partial charge on any atom is -0.466 e. The number of nitrogens with zero attached hydrogens (tertiary/aromatic N) is 1. The van der Waals surface area contributed by atoms with Crippen LogP contribution in [0.25, 0.3) is 0 Å². The van der Waals surface area contributed by atoms with Crippen LogP contribution < -0.4 is 10.4 Å². The van der Waals surface area contributed by atoms with Crippen LogP contribution in [-0.2, 0) is 9.53 Å². The second-order valence-corrected chi connectivity index (χ2v) is 5.27. The standard InChI is InChI=1S/C15H21NO4/c1-11-8-13(12-6-4-3-5-7-12)16(14(17)9-11)20-10-15(18)19-2/h8-9,12H,3-7,10H2,1-2H3. The summed E-state index contributed by atoms with van der Waals surface area (Å²) in [5.41, 5.74) is 1.57. The fourth-order valence-corrected chi connectivity index (χ4v) is 2.71. The van der Waals surface area contributed by atoms with Crippen molar-refractivity contribution in [3.05, 3.63) is 33.7 Å². The molecule has 20 heavy (non-hydrogen) atoms. The third-order valence-corrected chi connectivity index (χ3v) is 3.72. The first kappa shape index (κ1) is 14.6. The highest BCUT2D eigenvalue weighted by molar-refractivity contribution is 5.70. The molecular weight excluding hydrogens is 258 g/mol. The normalized spacial score (nSPS) is 15.9. The lowest BCUT2D eigenvalue weighted by atomic mass is 9.86. The Morgan fingerprint density at radius 1 is 1.30 bits per heavy atom. The number of esters is 1. The van der Waals surface area contributed by atoms with E-state index in [9.17, 15) is 9.59 Å². The van der Waals surface area contributed by atoms with Gasteiger partial charge in [-0.3, -0.25) is 4.79 Å². The van der Waals surface area contributed by atoms with Crippen LogP contribution in [-0.4, -0.2) is 24.4 Å². The number of aromatic nitrogens is 1. The first-order chi connectivity index (χ1) is 9.61. The lowest BCUT2D eigenvalue weighted by Crippen LogP contribution is -2.34. The van der Waals surface area contributed by atoms with Gasteiger partial charge in [0.05, 0.1) is 12.8 Å². The van der Waals surface area contributed by atoms with Gasteiger partial charge in [0.25, 0.3) is 5.56 Å². The van der Waals surface area contributed by atoms with Gasteiger partial charge in [-0.05, 0) is 31.4 Å². The van der Waals surface area contributed by atoms with E-state index >= 15 is 0 Å². The number of carbonyl (C=O) groups is 1. The number of methoxy groups -OCH3 is 1. The van der Waals surface area contributed by atoms with Crippen molar-refractivity contribution in [1.29, 1.82) is 0 Å². The van der Waals surface area contributed by atoms with Crippen molar-refractivity contribution in [2.45, 2.75) is 44.9 Å². The summed E-state index contributed by atoms with van der Waals surface area (Å²) < 4.78 is 5.81. The van der Waals surface area contributed by atoms with Crippen LogP contribution in [0.5, 0.6) is 0 Å². The summed E-state index contributed by atoms with van der Waals surface area (Å²) in [4.78, 5) is 28.6. The molecule has 0 unspecified atom stereocenters. The highest BCUT2D eigenvalue weighted by Crippen LogP contribution is 2.32. The van der Waals surface area contributed by atoms with E-state index in [0.29, 0.717) is 5.92 Å². The predicted octanol–water partition coefficient (Wildman–Crippen LogP) is 1.81. The molecule has 0 radical (unpaired) electrons. The Morgan fingerprint density at radius 3 is 2.65 bits per heavy atom. The number of carbonyl (C=O) groups excluding carboxylic acids is 1. The fourth-order valence-electron chi connectivity index (χ4n) is 2.71. The van der Waals surface area contributed by atoms with Gasteiger partial charge in [0.15, 0.2) is 0 Å². The van der Waals surface area contributed by atoms with E-state index in [-0.39, 0.29) is 12.2 Å². The Morgan fingerprint density at radius 2 is 2.00 bits per heavy atom. The molecule has 0 atom stereocenters. The van der Waals surface area contributed by atoms with Crippen molar-refractivity contribution in [2.24, 2.45) is 0 Å². The van der Waals surface area contributed by atoms with Crippen LogP contribution >= 0.6 is 0 Å². The lowest BCUT2D eigenvalue weighted by Gasteiger charge is -2.24. The highest BCUT2D eigenvalue weighted by atomic mass is 16.7. The largest absolute Gasteiger partial charge is 0.466 e. The molecule has 0 bridgehead atoms. The van der Waals surface area contributed by atoms with E-state index in [1.165, 1.54) is 37.2 Å². The Labute approximate surface area is 118 Å². The first-order valence-corrected chi connectivity index (χ1v) is 7.05. The van der Waals surface area contributed by atoms with Crippen LogP contribution in [0.15, 0.2) is 16.9 Å². The minimum atomic E-state index is -0.493. The second-order valence-electron chi connectivity index (χ2n) is 5.27. The molecule has 0 aromatic carbocycles. The van der Waals surface area contributed by atoms with Crippen molar-refractivity contribution < 1.29 is 14.4 Å². The third-order valence-electron chi connectivity index (χ3n) is 3.72. The monoisotopic (exact) mass is 279 g/mol. The SMILES string of the molecule is COC(=O)COn1c(C2CCCCC2)cc(C)cc1=O. The molecule has 1 aromatic rings. The molecule has 0 aliphatic heterocycles. The molecule has 1 aliphatic carbocycles. The molecule has 1 aromatic heterocycles. The molecule has 5 heteroatoms. The summed E-state index contributed by atoms with van der Waals surface area (Å²) in [5.74, 6) is -0.166. The number of ether oxygens (including phenoxy) is 1. The Bertz CT molecular complexity index is 529. The van der Waals surface area contributed by atoms with E-state index in [1.54, 1.807) is 0 Å². The molecule has 1 saturated carbocycles. The zero-order valence-corrected chi connectivity index (χ0v) is 12.1. The van der Waals surface area contributed by atoms with Crippen molar-refractivity contribution in [1.82, 2.24) is 4.73 Å². The van der Waals surface area contributed by atoms with Crippen LogP contribution in [0, 0.1) is 6.92 Å². The average molecular weight is 279 g/mol. The van der Waals surface area contributed by atoms with Gasteiger partial charge in [-0.25, -0.2) is 4.79 Å². The molecule has 2 rings (SSSR count). The molecule has 0 saturated heterocycles. The van der Waals surface area contributed by atoms with Gasteiger partial charge < -0.3 is 9.57 Å². The molecule has 0 amide bonds. The van der Waals surface area contributed by atoms with E-state index < -0.39 is 5.97 Å². The van der Waals surface area contributed by atoms with E-state index in [2.05, 4.69) is 4.74 Å². The molecule has 1 fully saturated rings. The maximum Gasteiger partial charge on any atom is 0.346 e. The van der Waals surface area contributed by atoms with Crippen LogP contribution in [0.1, 0.15) is 49.3 Å². The van der Waals surface area contributed by atoms with Gasteiger partial charge in [0, 0.05) is 12.0 Å². The minimum absolute atomic E-state index is 0.227. The quantitative estimate of drug-likeness (QED) is 0.789. The van der Waals surface area contributed by atoms with E-state index in [0.717, 1.165) is 24.1 Å². The number of hydrogen-bond acceptors (Lipinski definition) is 4. The number of aryl methyl sites for hydroxylation is 1. The molecule has 1 aliphatic rings. The number of pyridine rings is 1. The van der Waals surface area contributed by atoms with Crippen molar-refractivity contribution in [2.75, 3.05) is 13.7 Å². The Balaban J connectivity index is 2.27. The highest BCUT2D eigenvalue weighted by Gasteiger charge is 2.21. The van der Waals surface area contributed by atoms with Crippen molar-refractivity contribution in [3.63, 3.8) is 0 Å². The third kappa shape index (κ3) is 3.40. The summed E-state index contributed by atoms with van der Waals surface area (Å²) in [7, 11) is 1.30. The van der Waals surface area contributed by atoms with Gasteiger partial charge in [0.2, 0.25) is 6.61 Å². The molecule has 110 valence electrons. The van der Waals surface area contributed by atoms with Gasteiger partial charge in [-0.15, -0.1) is 4.73 Å². The van der Waals surface area contributed by atoms with Gasteiger partial charge >= 0.3 is 5.97 Å². The van der Waals surface area contributed by atoms with Crippen molar-refractivity contribution >= 4 is 5.97 Å². The van der Waals surface area contributed by atoms with Gasteiger partial charge in [-0.1, -0.05) is 19.3 Å². The molecule has 5 nitrogen and oxygen atoms in total. The molecule has 1 heterocycles. The zero-order chi connectivity index (χ0) is 14.5. The topological polar surface area (TPSA) is 57.5 Å². The molecular formula is C15H21NO4. The summed E-state index contributed by atoms with van der Waals surface area (Å²) >= 11 is 0. The smallest absolute Gasteiger partial charge is 0.346 e.